The zero-order chi connectivity index (χ0) is 9.84. The summed E-state index contributed by atoms with van der Waals surface area (Å²) in [4.78, 5) is 0. The van der Waals surface area contributed by atoms with Gasteiger partial charge in [0.1, 0.15) is 11.7 Å². The summed E-state index contributed by atoms with van der Waals surface area (Å²) in [5, 5.41) is 11.1. The van der Waals surface area contributed by atoms with Crippen molar-refractivity contribution in [2.75, 3.05) is 0 Å². The van der Waals surface area contributed by atoms with Crippen molar-refractivity contribution in [3.05, 3.63) is 34.6 Å². The second kappa shape index (κ2) is 4.09. The van der Waals surface area contributed by atoms with Crippen molar-refractivity contribution < 1.29 is 9.60 Å². The van der Waals surface area contributed by atoms with Crippen molar-refractivity contribution in [3.8, 4) is 0 Å². The molecule has 70 valence electrons. The van der Waals surface area contributed by atoms with E-state index >= 15 is 0 Å². The van der Waals surface area contributed by atoms with Crippen molar-refractivity contribution in [2.24, 2.45) is 10.9 Å². The van der Waals surface area contributed by atoms with Crippen molar-refractivity contribution in [2.45, 2.75) is 6.42 Å². The first-order valence-corrected chi connectivity index (χ1v) is 3.92. The molecule has 0 heterocycles. The average molecular weight is 203 g/mol. The molecular formula is C8H8ClFN2O. The minimum atomic E-state index is -0.509. The zero-order valence-electron chi connectivity index (χ0n) is 6.67. The Hall–Kier alpha value is -1.29. The lowest BCUT2D eigenvalue weighted by atomic mass is 10.1. The lowest BCUT2D eigenvalue weighted by Crippen LogP contribution is -2.15. The fourth-order valence-corrected chi connectivity index (χ4v) is 1.11. The van der Waals surface area contributed by atoms with E-state index in [0.717, 1.165) is 0 Å². The molecule has 0 saturated carbocycles. The van der Waals surface area contributed by atoms with E-state index in [9.17, 15) is 4.39 Å². The Labute approximate surface area is 79.6 Å². The van der Waals surface area contributed by atoms with Crippen LogP contribution in [0.1, 0.15) is 5.56 Å². The molecule has 1 aromatic carbocycles. The molecule has 0 unspecified atom stereocenters. The maximum Gasteiger partial charge on any atom is 0.143 e. The number of nitrogens with zero attached hydrogens (tertiary/aromatic N) is 1. The van der Waals surface area contributed by atoms with Gasteiger partial charge in [0.05, 0.1) is 5.02 Å². The quantitative estimate of drug-likeness (QED) is 0.332. The highest BCUT2D eigenvalue weighted by atomic mass is 35.5. The van der Waals surface area contributed by atoms with E-state index in [1.807, 2.05) is 0 Å². The minimum Gasteiger partial charge on any atom is -0.409 e. The van der Waals surface area contributed by atoms with Gasteiger partial charge in [-0.1, -0.05) is 28.9 Å². The molecule has 1 rings (SSSR count). The van der Waals surface area contributed by atoms with Gasteiger partial charge in [-0.25, -0.2) is 4.39 Å². The lowest BCUT2D eigenvalue weighted by Gasteiger charge is -2.02. The fourth-order valence-electron chi connectivity index (χ4n) is 0.915. The van der Waals surface area contributed by atoms with E-state index in [2.05, 4.69) is 5.16 Å². The molecule has 0 bridgehead atoms. The second-order valence-corrected chi connectivity index (χ2v) is 2.86. The van der Waals surface area contributed by atoms with Crippen molar-refractivity contribution in [3.63, 3.8) is 0 Å². The molecule has 0 aromatic heterocycles. The molecule has 0 radical (unpaired) electrons. The average Bonchev–Trinajstić information content (AvgIpc) is 2.13. The van der Waals surface area contributed by atoms with Crippen LogP contribution >= 0.6 is 11.6 Å². The summed E-state index contributed by atoms with van der Waals surface area (Å²) in [5.74, 6) is -0.516. The van der Waals surface area contributed by atoms with Crippen molar-refractivity contribution >= 4 is 17.4 Å². The molecule has 0 atom stereocenters. The monoisotopic (exact) mass is 202 g/mol. The molecule has 13 heavy (non-hydrogen) atoms. The van der Waals surface area contributed by atoms with Gasteiger partial charge in [0.25, 0.3) is 0 Å². The van der Waals surface area contributed by atoms with Gasteiger partial charge in [0.15, 0.2) is 0 Å². The lowest BCUT2D eigenvalue weighted by molar-refractivity contribution is 0.317. The fraction of sp³-hybridized carbons (Fsp3) is 0.125. The number of nitrogens with two attached hydrogens (primary N) is 1. The molecule has 0 fully saturated rings. The Kier molecular flexibility index (Phi) is 3.08. The van der Waals surface area contributed by atoms with Crippen LogP contribution in [-0.4, -0.2) is 11.0 Å². The Morgan fingerprint density at radius 3 is 2.92 bits per heavy atom. The summed E-state index contributed by atoms with van der Waals surface area (Å²) in [6, 6.07) is 4.38. The van der Waals surface area contributed by atoms with Crippen LogP contribution in [0.2, 0.25) is 5.02 Å². The number of rotatable bonds is 2. The molecule has 0 aliphatic heterocycles. The normalized spacial score (nSPS) is 11.7. The third-order valence-corrected chi connectivity index (χ3v) is 1.95. The van der Waals surface area contributed by atoms with Gasteiger partial charge in [-0.05, 0) is 11.6 Å². The summed E-state index contributed by atoms with van der Waals surface area (Å²) in [6.07, 6.45) is 0.132. The van der Waals surface area contributed by atoms with E-state index < -0.39 is 5.82 Å². The van der Waals surface area contributed by atoms with E-state index in [1.165, 1.54) is 12.1 Å². The van der Waals surface area contributed by atoms with Gasteiger partial charge in [-0.15, -0.1) is 0 Å². The Morgan fingerprint density at radius 2 is 2.31 bits per heavy atom. The molecule has 0 saturated heterocycles. The Morgan fingerprint density at radius 1 is 1.62 bits per heavy atom. The van der Waals surface area contributed by atoms with Crippen LogP contribution in [-0.2, 0) is 6.42 Å². The number of amidine groups is 1. The van der Waals surface area contributed by atoms with Gasteiger partial charge >= 0.3 is 0 Å². The van der Waals surface area contributed by atoms with Crippen LogP contribution < -0.4 is 5.73 Å². The van der Waals surface area contributed by atoms with E-state index in [-0.39, 0.29) is 17.3 Å². The molecule has 0 aliphatic carbocycles. The summed E-state index contributed by atoms with van der Waals surface area (Å²) >= 11 is 5.63. The highest BCUT2D eigenvalue weighted by molar-refractivity contribution is 6.31. The van der Waals surface area contributed by atoms with Crippen LogP contribution in [0.15, 0.2) is 23.4 Å². The third kappa shape index (κ3) is 2.32. The smallest absolute Gasteiger partial charge is 0.143 e. The van der Waals surface area contributed by atoms with E-state index in [0.29, 0.717) is 5.56 Å². The molecular weight excluding hydrogens is 195 g/mol. The number of halogens is 2. The number of benzene rings is 1. The first kappa shape index (κ1) is 9.80. The predicted molar refractivity (Wildman–Crippen MR) is 48.5 cm³/mol. The third-order valence-electron chi connectivity index (χ3n) is 1.53. The highest BCUT2D eigenvalue weighted by Gasteiger charge is 2.06. The minimum absolute atomic E-state index is 0.00694. The molecule has 3 nitrogen and oxygen atoms in total. The van der Waals surface area contributed by atoms with Gasteiger partial charge in [-0.2, -0.15) is 0 Å². The predicted octanol–water partition coefficient (Wildman–Crippen LogP) is 1.77. The molecule has 0 spiro atoms. The first-order valence-electron chi connectivity index (χ1n) is 3.54. The Balaban J connectivity index is 2.96. The maximum absolute atomic E-state index is 12.9. The highest BCUT2D eigenvalue weighted by Crippen LogP contribution is 2.19. The molecule has 5 heteroatoms. The van der Waals surface area contributed by atoms with Crippen LogP contribution in [0, 0.1) is 5.82 Å². The number of hydrogen-bond acceptors (Lipinski definition) is 2. The zero-order valence-corrected chi connectivity index (χ0v) is 7.42. The molecule has 0 amide bonds. The van der Waals surface area contributed by atoms with Gasteiger partial charge < -0.3 is 10.9 Å². The van der Waals surface area contributed by atoms with Gasteiger partial charge in [0, 0.05) is 6.42 Å². The Bertz CT molecular complexity index is 341. The van der Waals surface area contributed by atoms with Crippen molar-refractivity contribution in [1.29, 1.82) is 0 Å². The number of hydrogen-bond donors (Lipinski definition) is 2. The summed E-state index contributed by atoms with van der Waals surface area (Å²) in [7, 11) is 0. The maximum atomic E-state index is 12.9. The summed E-state index contributed by atoms with van der Waals surface area (Å²) < 4.78 is 12.9. The van der Waals surface area contributed by atoms with Crippen LogP contribution in [0.4, 0.5) is 4.39 Å². The molecule has 1 aromatic rings. The topological polar surface area (TPSA) is 58.6 Å². The summed E-state index contributed by atoms with van der Waals surface area (Å²) in [6.45, 7) is 0. The van der Waals surface area contributed by atoms with Gasteiger partial charge in [0.2, 0.25) is 0 Å². The number of oxime groups is 1. The standard InChI is InChI=1S/C8H8ClFN2O/c9-8-5(4-7(11)12-13)2-1-3-6(8)10/h1-3,13H,4H2,(H2,11,12). The first-order chi connectivity index (χ1) is 6.15. The van der Waals surface area contributed by atoms with Crippen LogP contribution in [0.3, 0.4) is 0 Å². The van der Waals surface area contributed by atoms with Crippen molar-refractivity contribution in [1.82, 2.24) is 0 Å². The van der Waals surface area contributed by atoms with Crippen LogP contribution in [0.5, 0.6) is 0 Å². The second-order valence-electron chi connectivity index (χ2n) is 2.48. The largest absolute Gasteiger partial charge is 0.409 e. The van der Waals surface area contributed by atoms with E-state index in [1.54, 1.807) is 6.07 Å². The van der Waals surface area contributed by atoms with E-state index in [4.69, 9.17) is 22.5 Å². The summed E-state index contributed by atoms with van der Waals surface area (Å²) in [5.41, 5.74) is 5.74. The SMILES string of the molecule is N/C(Cc1cccc(F)c1Cl)=N/O. The molecule has 0 aliphatic rings. The van der Waals surface area contributed by atoms with Gasteiger partial charge in [-0.3, -0.25) is 0 Å². The molecule has 3 N–H and O–H groups in total. The van der Waals surface area contributed by atoms with Crippen LogP contribution in [0.25, 0.3) is 0 Å².